The first-order valence-corrected chi connectivity index (χ1v) is 8.58. The van der Waals surface area contributed by atoms with Crippen LogP contribution >= 0.6 is 23.2 Å². The summed E-state index contributed by atoms with van der Waals surface area (Å²) in [5.41, 5.74) is 0.371. The third-order valence-corrected chi connectivity index (χ3v) is 5.46. The maximum atomic E-state index is 10.8. The molecule has 0 aliphatic carbocycles. The molecule has 4 nitrogen and oxygen atoms in total. The normalized spacial score (nSPS) is 18.3. The Balaban J connectivity index is 1.60. The van der Waals surface area contributed by atoms with Crippen molar-refractivity contribution < 1.29 is 5.11 Å². The molecule has 6 heteroatoms. The van der Waals surface area contributed by atoms with Gasteiger partial charge in [-0.2, -0.15) is 0 Å². The number of aromatic nitrogens is 2. The molecule has 1 aliphatic rings. The van der Waals surface area contributed by atoms with E-state index in [9.17, 15) is 5.11 Å². The summed E-state index contributed by atoms with van der Waals surface area (Å²) in [7, 11) is 0. The fourth-order valence-corrected chi connectivity index (χ4v) is 3.46. The van der Waals surface area contributed by atoms with E-state index < -0.39 is 5.60 Å². The Hall–Kier alpha value is -1.07. The van der Waals surface area contributed by atoms with Gasteiger partial charge in [-0.1, -0.05) is 35.3 Å². The summed E-state index contributed by atoms with van der Waals surface area (Å²) >= 11 is 12.3. The molecule has 0 atom stereocenters. The molecule has 1 saturated heterocycles. The Morgan fingerprint density at radius 2 is 2.00 bits per heavy atom. The summed E-state index contributed by atoms with van der Waals surface area (Å²) in [5.74, 6) is 0.937. The zero-order valence-corrected chi connectivity index (χ0v) is 14.7. The Labute approximate surface area is 146 Å². The molecule has 1 aromatic carbocycles. The molecule has 2 aromatic rings. The summed E-state index contributed by atoms with van der Waals surface area (Å²) < 4.78 is 2.02. The van der Waals surface area contributed by atoms with Crippen LogP contribution in [0.4, 0.5) is 0 Å². The largest absolute Gasteiger partial charge is 0.388 e. The van der Waals surface area contributed by atoms with Crippen molar-refractivity contribution in [3.8, 4) is 0 Å². The highest BCUT2D eigenvalue weighted by molar-refractivity contribution is 6.42. The second-order valence-corrected chi connectivity index (χ2v) is 7.10. The van der Waals surface area contributed by atoms with Gasteiger partial charge < -0.3 is 9.67 Å². The molecule has 0 saturated carbocycles. The van der Waals surface area contributed by atoms with Gasteiger partial charge in [0.25, 0.3) is 0 Å². The summed E-state index contributed by atoms with van der Waals surface area (Å²) in [6.07, 6.45) is 5.17. The highest BCUT2D eigenvalue weighted by Crippen LogP contribution is 2.29. The third kappa shape index (κ3) is 3.89. The van der Waals surface area contributed by atoms with Crippen LogP contribution in [0.2, 0.25) is 10.0 Å². The number of hydrogen-bond acceptors (Lipinski definition) is 3. The zero-order chi connectivity index (χ0) is 16.4. The topological polar surface area (TPSA) is 41.3 Å². The highest BCUT2D eigenvalue weighted by Gasteiger charge is 2.33. The first kappa shape index (κ1) is 16.8. The number of aryl methyl sites for hydroxylation is 1. The van der Waals surface area contributed by atoms with Crippen molar-refractivity contribution in [2.75, 3.05) is 13.1 Å². The first-order chi connectivity index (χ1) is 11.0. The second kappa shape index (κ2) is 6.81. The third-order valence-electron chi connectivity index (χ3n) is 4.60. The molecule has 1 aliphatic heterocycles. The summed E-state index contributed by atoms with van der Waals surface area (Å²) in [4.78, 5) is 6.53. The predicted octanol–water partition coefficient (Wildman–Crippen LogP) is 3.53. The van der Waals surface area contributed by atoms with Crippen molar-refractivity contribution in [3.63, 3.8) is 0 Å². The number of nitrogens with zero attached hydrogens (tertiary/aromatic N) is 3. The van der Waals surface area contributed by atoms with Gasteiger partial charge in [-0.3, -0.25) is 4.90 Å². The van der Waals surface area contributed by atoms with E-state index in [1.807, 2.05) is 29.8 Å². The van der Waals surface area contributed by atoms with Crippen molar-refractivity contribution in [1.29, 1.82) is 0 Å². The molecule has 0 bridgehead atoms. The van der Waals surface area contributed by atoms with Crippen LogP contribution in [0.3, 0.4) is 0 Å². The van der Waals surface area contributed by atoms with Gasteiger partial charge >= 0.3 is 0 Å². The van der Waals surface area contributed by atoms with E-state index in [-0.39, 0.29) is 0 Å². The average Bonchev–Trinajstić information content (AvgIpc) is 2.91. The van der Waals surface area contributed by atoms with Crippen LogP contribution in [0.5, 0.6) is 0 Å². The minimum Gasteiger partial charge on any atom is -0.388 e. The lowest BCUT2D eigenvalue weighted by atomic mass is 9.91. The summed E-state index contributed by atoms with van der Waals surface area (Å²) in [6, 6.07) is 5.73. The van der Waals surface area contributed by atoms with Gasteiger partial charge in [0.1, 0.15) is 5.82 Å². The Kier molecular flexibility index (Phi) is 4.97. The number of halogens is 2. The number of imidazole rings is 1. The van der Waals surface area contributed by atoms with Gasteiger partial charge in [0.05, 0.1) is 22.2 Å². The molecule has 0 unspecified atom stereocenters. The van der Waals surface area contributed by atoms with E-state index in [4.69, 9.17) is 23.2 Å². The molecule has 124 valence electrons. The van der Waals surface area contributed by atoms with Crippen molar-refractivity contribution in [2.24, 2.45) is 0 Å². The molecule has 23 heavy (non-hydrogen) atoms. The van der Waals surface area contributed by atoms with Crippen molar-refractivity contribution in [2.45, 2.75) is 38.5 Å². The van der Waals surface area contributed by atoms with E-state index in [2.05, 4.69) is 9.88 Å². The number of rotatable bonds is 4. The van der Waals surface area contributed by atoms with Gasteiger partial charge in [0.2, 0.25) is 0 Å². The molecule has 0 spiro atoms. The second-order valence-electron chi connectivity index (χ2n) is 6.32. The molecule has 1 aromatic heterocycles. The molecule has 3 rings (SSSR count). The van der Waals surface area contributed by atoms with Crippen LogP contribution < -0.4 is 0 Å². The zero-order valence-electron chi connectivity index (χ0n) is 13.2. The molecule has 2 heterocycles. The minimum absolute atomic E-state index is 0.591. The monoisotopic (exact) mass is 353 g/mol. The van der Waals surface area contributed by atoms with Gasteiger partial charge in [-0.25, -0.2) is 4.98 Å². The van der Waals surface area contributed by atoms with E-state index in [0.717, 1.165) is 43.9 Å². The highest BCUT2D eigenvalue weighted by atomic mass is 35.5. The molecular weight excluding hydrogens is 333 g/mol. The maximum Gasteiger partial charge on any atom is 0.105 e. The number of aliphatic hydroxyl groups is 1. The lowest BCUT2D eigenvalue weighted by Crippen LogP contribution is -2.46. The van der Waals surface area contributed by atoms with Gasteiger partial charge in [0.15, 0.2) is 0 Å². The van der Waals surface area contributed by atoms with Crippen LogP contribution in [0.25, 0.3) is 0 Å². The van der Waals surface area contributed by atoms with E-state index in [1.165, 1.54) is 0 Å². The number of piperidine rings is 1. The predicted molar refractivity (Wildman–Crippen MR) is 92.9 cm³/mol. The lowest BCUT2D eigenvalue weighted by molar-refractivity contribution is -0.0361. The van der Waals surface area contributed by atoms with Gasteiger partial charge in [0, 0.05) is 32.0 Å². The maximum absolute atomic E-state index is 10.8. The Morgan fingerprint density at radius 1 is 1.26 bits per heavy atom. The number of benzene rings is 1. The van der Waals surface area contributed by atoms with Crippen molar-refractivity contribution >= 4 is 23.2 Å². The molecule has 1 fully saturated rings. The van der Waals surface area contributed by atoms with Crippen LogP contribution in [0, 0.1) is 6.92 Å². The van der Waals surface area contributed by atoms with Gasteiger partial charge in [-0.05, 0) is 31.4 Å². The van der Waals surface area contributed by atoms with Crippen LogP contribution in [0.1, 0.15) is 24.2 Å². The minimum atomic E-state index is -0.667. The van der Waals surface area contributed by atoms with Crippen molar-refractivity contribution in [3.05, 3.63) is 52.0 Å². The number of likely N-dealkylation sites (tertiary alicyclic amines) is 1. The fourth-order valence-electron chi connectivity index (χ4n) is 3.08. The van der Waals surface area contributed by atoms with Crippen LogP contribution in [-0.4, -0.2) is 38.2 Å². The summed E-state index contributed by atoms with van der Waals surface area (Å²) in [6.45, 7) is 5.00. The molecular formula is C17H21Cl2N3O. The standard InChI is InChI=1S/C17H21Cl2N3O/c1-13-20-7-10-22(13)12-17(23)5-8-21(9-6-17)11-14-3-2-4-15(18)16(14)19/h2-4,7,10,23H,5-6,8-9,11-12H2,1H3. The molecule has 1 N–H and O–H groups in total. The smallest absolute Gasteiger partial charge is 0.105 e. The van der Waals surface area contributed by atoms with Crippen molar-refractivity contribution in [1.82, 2.24) is 14.5 Å². The van der Waals surface area contributed by atoms with Gasteiger partial charge in [-0.15, -0.1) is 0 Å². The Bertz CT molecular complexity index is 678. The van der Waals surface area contributed by atoms with Crippen LogP contribution in [-0.2, 0) is 13.1 Å². The molecule has 0 radical (unpaired) electrons. The fraction of sp³-hybridized carbons (Fsp3) is 0.471. The number of hydrogen-bond donors (Lipinski definition) is 1. The SMILES string of the molecule is Cc1nccn1CC1(O)CCN(Cc2cccc(Cl)c2Cl)CC1. The Morgan fingerprint density at radius 3 is 2.65 bits per heavy atom. The van der Waals surface area contributed by atoms with E-state index in [0.29, 0.717) is 16.6 Å². The average molecular weight is 354 g/mol. The summed E-state index contributed by atoms with van der Waals surface area (Å²) in [5, 5.41) is 12.0. The molecule has 0 amide bonds. The quantitative estimate of drug-likeness (QED) is 0.913. The van der Waals surface area contributed by atoms with Crippen LogP contribution in [0.15, 0.2) is 30.6 Å². The van der Waals surface area contributed by atoms with E-state index in [1.54, 1.807) is 12.3 Å². The van der Waals surface area contributed by atoms with E-state index >= 15 is 0 Å². The first-order valence-electron chi connectivity index (χ1n) is 7.82. The lowest BCUT2D eigenvalue weighted by Gasteiger charge is -2.38.